The molecule has 0 aromatic carbocycles. The number of aliphatic hydroxyl groups is 4. The summed E-state index contributed by atoms with van der Waals surface area (Å²) in [4.78, 5) is 0. The molecule has 0 spiro atoms. The van der Waals surface area contributed by atoms with Gasteiger partial charge in [0.2, 0.25) is 0 Å². The Kier molecular flexibility index (Phi) is 6.14. The van der Waals surface area contributed by atoms with Crippen LogP contribution in [0.1, 0.15) is 26.2 Å². The fourth-order valence-corrected chi connectivity index (χ4v) is 2.86. The largest absolute Gasteiger partial charge is 0.394 e. The molecule has 126 valence electrons. The number of rotatable bonds is 5. The van der Waals surface area contributed by atoms with E-state index < -0.39 is 37.3 Å². The maximum absolute atomic E-state index is 9.89. The van der Waals surface area contributed by atoms with E-state index in [1.807, 2.05) is 6.92 Å². The predicted molar refractivity (Wildman–Crippen MR) is 80.0 cm³/mol. The van der Waals surface area contributed by atoms with E-state index in [0.29, 0.717) is 12.5 Å². The van der Waals surface area contributed by atoms with Crippen LogP contribution in [0, 0.1) is 5.92 Å². The van der Waals surface area contributed by atoms with E-state index in [-0.39, 0.29) is 0 Å². The summed E-state index contributed by atoms with van der Waals surface area (Å²) >= 11 is 0. The monoisotopic (exact) mass is 314 g/mol. The van der Waals surface area contributed by atoms with Crippen molar-refractivity contribution in [2.75, 3.05) is 13.2 Å². The van der Waals surface area contributed by atoms with Crippen LogP contribution in [0.15, 0.2) is 23.8 Å². The predicted octanol–water partition coefficient (Wildman–Crippen LogP) is 0.105. The zero-order valence-corrected chi connectivity index (χ0v) is 12.9. The summed E-state index contributed by atoms with van der Waals surface area (Å²) in [6.45, 7) is 5.86. The minimum Gasteiger partial charge on any atom is -0.394 e. The van der Waals surface area contributed by atoms with Gasteiger partial charge in [-0.05, 0) is 37.7 Å². The average Bonchev–Trinajstić information content (AvgIpc) is 2.52. The van der Waals surface area contributed by atoms with Crippen molar-refractivity contribution in [3.63, 3.8) is 0 Å². The Bertz CT molecular complexity index is 419. The van der Waals surface area contributed by atoms with Crippen LogP contribution >= 0.6 is 0 Å². The van der Waals surface area contributed by atoms with Gasteiger partial charge in [-0.2, -0.15) is 0 Å². The van der Waals surface area contributed by atoms with Crippen molar-refractivity contribution < 1.29 is 29.9 Å². The summed E-state index contributed by atoms with van der Waals surface area (Å²) in [5.41, 5.74) is 2.31. The maximum Gasteiger partial charge on any atom is 0.187 e. The van der Waals surface area contributed by atoms with Crippen LogP contribution in [0.25, 0.3) is 0 Å². The Morgan fingerprint density at radius 2 is 2.05 bits per heavy atom. The van der Waals surface area contributed by atoms with Gasteiger partial charge in [-0.15, -0.1) is 0 Å². The number of hydrogen-bond donors (Lipinski definition) is 4. The lowest BCUT2D eigenvalue weighted by molar-refractivity contribution is -0.299. The van der Waals surface area contributed by atoms with Gasteiger partial charge in [0.25, 0.3) is 0 Å². The van der Waals surface area contributed by atoms with Crippen LogP contribution < -0.4 is 0 Å². The molecule has 2 aliphatic rings. The molecular formula is C16H26O6. The highest BCUT2D eigenvalue weighted by atomic mass is 16.7. The van der Waals surface area contributed by atoms with E-state index in [2.05, 4.69) is 12.7 Å². The van der Waals surface area contributed by atoms with Crippen LogP contribution in [-0.4, -0.2) is 64.3 Å². The molecule has 22 heavy (non-hydrogen) atoms. The lowest BCUT2D eigenvalue weighted by Crippen LogP contribution is -2.59. The highest BCUT2D eigenvalue weighted by Gasteiger charge is 2.44. The fraction of sp³-hybridized carbons (Fsp3) is 0.750. The highest BCUT2D eigenvalue weighted by molar-refractivity contribution is 5.12. The summed E-state index contributed by atoms with van der Waals surface area (Å²) in [6.07, 6.45) is -1.12. The normalized spacial score (nSPS) is 39.4. The van der Waals surface area contributed by atoms with Crippen LogP contribution in [0.5, 0.6) is 0 Å². The van der Waals surface area contributed by atoms with Gasteiger partial charge in [-0.25, -0.2) is 0 Å². The molecule has 1 fully saturated rings. The molecule has 0 aromatic rings. The number of aliphatic hydroxyl groups excluding tert-OH is 4. The van der Waals surface area contributed by atoms with Gasteiger partial charge < -0.3 is 29.9 Å². The van der Waals surface area contributed by atoms with Crippen molar-refractivity contribution in [1.82, 2.24) is 0 Å². The van der Waals surface area contributed by atoms with Crippen LogP contribution in [0.2, 0.25) is 0 Å². The van der Waals surface area contributed by atoms with Crippen LogP contribution in [0.4, 0.5) is 0 Å². The highest BCUT2D eigenvalue weighted by Crippen LogP contribution is 2.29. The van der Waals surface area contributed by atoms with Gasteiger partial charge in [0, 0.05) is 0 Å². The second-order valence-corrected chi connectivity index (χ2v) is 6.19. The topological polar surface area (TPSA) is 99.4 Å². The molecule has 0 bridgehead atoms. The third-order valence-corrected chi connectivity index (χ3v) is 4.48. The van der Waals surface area contributed by atoms with Crippen molar-refractivity contribution in [3.05, 3.63) is 23.8 Å². The molecule has 0 amide bonds. The zero-order chi connectivity index (χ0) is 16.3. The molecule has 1 saturated heterocycles. The van der Waals surface area contributed by atoms with Gasteiger partial charge in [-0.3, -0.25) is 0 Å². The second-order valence-electron chi connectivity index (χ2n) is 6.19. The lowest BCUT2D eigenvalue weighted by atomic mass is 9.86. The Morgan fingerprint density at radius 1 is 1.32 bits per heavy atom. The van der Waals surface area contributed by atoms with Crippen LogP contribution in [0.3, 0.4) is 0 Å². The zero-order valence-electron chi connectivity index (χ0n) is 12.9. The molecule has 2 unspecified atom stereocenters. The van der Waals surface area contributed by atoms with E-state index in [1.165, 1.54) is 5.57 Å². The molecule has 6 nitrogen and oxygen atoms in total. The fourth-order valence-electron chi connectivity index (χ4n) is 2.86. The number of ether oxygens (including phenoxy) is 2. The van der Waals surface area contributed by atoms with E-state index in [4.69, 9.17) is 14.6 Å². The minimum absolute atomic E-state index is 0.297. The summed E-state index contributed by atoms with van der Waals surface area (Å²) in [5.74, 6) is 0.510. The summed E-state index contributed by atoms with van der Waals surface area (Å²) in [6, 6.07) is 0. The van der Waals surface area contributed by atoms with Crippen molar-refractivity contribution in [2.45, 2.75) is 56.9 Å². The number of hydrogen-bond acceptors (Lipinski definition) is 6. The maximum atomic E-state index is 9.89. The molecule has 1 aliphatic carbocycles. The van der Waals surface area contributed by atoms with Gasteiger partial charge in [0.1, 0.15) is 24.4 Å². The Labute approximate surface area is 130 Å². The smallest absolute Gasteiger partial charge is 0.187 e. The van der Waals surface area contributed by atoms with Gasteiger partial charge in [0.15, 0.2) is 6.29 Å². The third-order valence-electron chi connectivity index (χ3n) is 4.48. The molecule has 0 saturated carbocycles. The first-order valence-corrected chi connectivity index (χ1v) is 7.69. The minimum atomic E-state index is -1.40. The standard InChI is InChI=1S/C16H26O6/c1-9(2)11-5-3-10(4-6-11)8-21-16-15(20)14(19)13(18)12(7-17)22-16/h3,11-20H,1,4-8H2,2H3/t11-,12?,13+,14+,15-,16?/m1/s1. The molecule has 6 atom stereocenters. The first-order valence-electron chi connectivity index (χ1n) is 7.69. The number of allylic oxidation sites excluding steroid dienone is 2. The first-order chi connectivity index (χ1) is 10.4. The summed E-state index contributed by atoms with van der Waals surface area (Å²) in [5, 5.41) is 38.4. The third kappa shape index (κ3) is 3.95. The molecule has 4 N–H and O–H groups in total. The molecule has 1 aliphatic heterocycles. The molecule has 6 heteroatoms. The Hall–Kier alpha value is -0.760. The quantitative estimate of drug-likeness (QED) is 0.537. The first kappa shape index (κ1) is 17.6. The van der Waals surface area contributed by atoms with Gasteiger partial charge in [-0.1, -0.05) is 18.2 Å². The van der Waals surface area contributed by atoms with Crippen molar-refractivity contribution in [1.29, 1.82) is 0 Å². The van der Waals surface area contributed by atoms with Gasteiger partial charge in [0.05, 0.1) is 13.2 Å². The SMILES string of the molecule is C=C(C)[C@@H]1CC=C(COC2OC(CO)[C@H](O)[C@H](O)[C@H]2O)CC1. The summed E-state index contributed by atoms with van der Waals surface area (Å²) in [7, 11) is 0. The lowest BCUT2D eigenvalue weighted by Gasteiger charge is -2.39. The van der Waals surface area contributed by atoms with Crippen molar-refractivity contribution in [3.8, 4) is 0 Å². The summed E-state index contributed by atoms with van der Waals surface area (Å²) < 4.78 is 10.8. The van der Waals surface area contributed by atoms with E-state index in [9.17, 15) is 15.3 Å². The van der Waals surface area contributed by atoms with E-state index in [1.54, 1.807) is 0 Å². The Balaban J connectivity index is 1.87. The van der Waals surface area contributed by atoms with E-state index >= 15 is 0 Å². The molecule has 0 aromatic heterocycles. The van der Waals surface area contributed by atoms with E-state index in [0.717, 1.165) is 24.8 Å². The van der Waals surface area contributed by atoms with Crippen molar-refractivity contribution in [2.24, 2.45) is 5.92 Å². The molecule has 1 heterocycles. The van der Waals surface area contributed by atoms with Crippen molar-refractivity contribution >= 4 is 0 Å². The molecule has 2 rings (SSSR count). The molecule has 0 radical (unpaired) electrons. The average molecular weight is 314 g/mol. The van der Waals surface area contributed by atoms with Gasteiger partial charge >= 0.3 is 0 Å². The second kappa shape index (κ2) is 7.68. The molecular weight excluding hydrogens is 288 g/mol. The van der Waals surface area contributed by atoms with Crippen LogP contribution in [-0.2, 0) is 9.47 Å². The Morgan fingerprint density at radius 3 is 2.59 bits per heavy atom.